The third-order valence-electron chi connectivity index (χ3n) is 5.47. The lowest BCUT2D eigenvalue weighted by molar-refractivity contribution is -0.158. The fourth-order valence-electron chi connectivity index (χ4n) is 4.09. The van der Waals surface area contributed by atoms with Crippen molar-refractivity contribution in [2.24, 2.45) is 0 Å². The molecule has 156 valence electrons. The topological polar surface area (TPSA) is 84.0 Å². The number of β-lactam (4-membered cyclic amide) rings is 1. The molecule has 7 nitrogen and oxygen atoms in total. The van der Waals surface area contributed by atoms with Gasteiger partial charge >= 0.3 is 5.97 Å². The van der Waals surface area contributed by atoms with E-state index in [1.54, 1.807) is 24.3 Å². The fraction of sp³-hybridized carbons (Fsp3) is 0.182. The number of esters is 1. The van der Waals surface area contributed by atoms with Gasteiger partial charge in [0.2, 0.25) is 0 Å². The van der Waals surface area contributed by atoms with Crippen LogP contribution in [-0.4, -0.2) is 51.1 Å². The Morgan fingerprint density at radius 1 is 0.968 bits per heavy atom. The molecule has 0 unspecified atom stereocenters. The molecule has 3 amide bonds. The van der Waals surface area contributed by atoms with Gasteiger partial charge in [-0.2, -0.15) is 0 Å². The largest absolute Gasteiger partial charge is 0.455 e. The summed E-state index contributed by atoms with van der Waals surface area (Å²) in [7, 11) is 0. The molecule has 0 saturated carbocycles. The van der Waals surface area contributed by atoms with Crippen molar-refractivity contribution in [3.8, 4) is 0 Å². The molecule has 0 aliphatic carbocycles. The first-order chi connectivity index (χ1) is 14.9. The van der Waals surface area contributed by atoms with Crippen LogP contribution in [0.4, 0.5) is 0 Å². The van der Waals surface area contributed by atoms with E-state index >= 15 is 0 Å². The molecule has 3 aliphatic rings. The highest BCUT2D eigenvalue weighted by Gasteiger charge is 2.64. The molecule has 31 heavy (non-hydrogen) atoms. The zero-order chi connectivity index (χ0) is 21.9. The van der Waals surface area contributed by atoms with Crippen LogP contribution in [-0.2, 0) is 14.3 Å². The maximum Gasteiger partial charge on any atom is 0.303 e. The lowest BCUT2D eigenvalue weighted by Crippen LogP contribution is -2.70. The van der Waals surface area contributed by atoms with Gasteiger partial charge in [0.1, 0.15) is 12.1 Å². The number of halogens is 1. The standard InChI is InChI=1S/C22H15IN2O5S/c1-11(26)30-18-16-17(24-20(27)13-9-5-6-10-14(13)21(24)28)22(29)25(16)31-19(18)15(23)12-7-3-2-4-8-12/h2-10,16-18H,1H3/b19-15+/t16-,17-,18+/m1/s1. The van der Waals surface area contributed by atoms with Gasteiger partial charge in [-0.3, -0.25) is 28.4 Å². The third kappa shape index (κ3) is 3.01. The number of carbonyl (C=O) groups is 4. The minimum Gasteiger partial charge on any atom is -0.455 e. The molecule has 2 fully saturated rings. The highest BCUT2D eigenvalue weighted by atomic mass is 127. The normalized spacial score (nSPS) is 25.9. The smallest absolute Gasteiger partial charge is 0.303 e. The SMILES string of the molecule is CC(=O)O[C@@H]1/C(=C(\I)c2ccccc2)SN2C(=O)[C@H](N3C(=O)c4ccccc4C3=O)[C@H]12. The molecule has 5 rings (SSSR count). The number of hydrogen-bond donors (Lipinski definition) is 0. The average molecular weight is 546 g/mol. The Morgan fingerprint density at radius 3 is 2.13 bits per heavy atom. The van der Waals surface area contributed by atoms with Crippen LogP contribution in [0.2, 0.25) is 0 Å². The summed E-state index contributed by atoms with van der Waals surface area (Å²) < 4.78 is 7.96. The van der Waals surface area contributed by atoms with Crippen molar-refractivity contribution in [1.82, 2.24) is 9.21 Å². The van der Waals surface area contributed by atoms with Crippen LogP contribution in [0.3, 0.4) is 0 Å². The summed E-state index contributed by atoms with van der Waals surface area (Å²) in [5.41, 5.74) is 1.49. The van der Waals surface area contributed by atoms with Crippen LogP contribution in [0.5, 0.6) is 0 Å². The lowest BCUT2D eigenvalue weighted by atomic mass is 9.91. The van der Waals surface area contributed by atoms with Crippen molar-refractivity contribution in [2.45, 2.75) is 25.1 Å². The summed E-state index contributed by atoms with van der Waals surface area (Å²) >= 11 is 3.37. The van der Waals surface area contributed by atoms with E-state index in [1.165, 1.54) is 23.2 Å². The zero-order valence-electron chi connectivity index (χ0n) is 16.2. The molecule has 3 aliphatic heterocycles. The molecular formula is C22H15IN2O5S. The van der Waals surface area contributed by atoms with Crippen LogP contribution in [0.25, 0.3) is 3.58 Å². The van der Waals surface area contributed by atoms with Gasteiger partial charge in [0.25, 0.3) is 17.7 Å². The van der Waals surface area contributed by atoms with E-state index in [0.29, 0.717) is 4.91 Å². The summed E-state index contributed by atoms with van der Waals surface area (Å²) in [6.45, 7) is 1.30. The molecule has 9 heteroatoms. The van der Waals surface area contributed by atoms with Crippen molar-refractivity contribution in [1.29, 1.82) is 0 Å². The molecule has 0 N–H and O–H groups in total. The Kier molecular flexibility index (Phi) is 4.89. The van der Waals surface area contributed by atoms with E-state index in [9.17, 15) is 19.2 Å². The number of fused-ring (bicyclic) bond motifs is 2. The first-order valence-corrected chi connectivity index (χ1v) is 11.4. The number of hydrogen-bond acceptors (Lipinski definition) is 6. The van der Waals surface area contributed by atoms with Gasteiger partial charge < -0.3 is 4.74 Å². The summed E-state index contributed by atoms with van der Waals surface area (Å²) in [5, 5.41) is 0. The second kappa shape index (κ2) is 7.49. The Hall–Kier alpha value is -2.66. The number of carbonyl (C=O) groups excluding carboxylic acids is 4. The van der Waals surface area contributed by atoms with Gasteiger partial charge in [-0.15, -0.1) is 0 Å². The van der Waals surface area contributed by atoms with Gasteiger partial charge in [-0.05, 0) is 52.2 Å². The number of imide groups is 1. The number of benzene rings is 2. The average Bonchev–Trinajstić information content (AvgIpc) is 3.22. The molecule has 2 saturated heterocycles. The molecule has 3 heterocycles. The predicted molar refractivity (Wildman–Crippen MR) is 122 cm³/mol. The number of rotatable bonds is 3. The summed E-state index contributed by atoms with van der Waals surface area (Å²) in [6, 6.07) is 14.4. The number of nitrogens with zero attached hydrogens (tertiary/aromatic N) is 2. The van der Waals surface area contributed by atoms with Gasteiger partial charge in [-0.1, -0.05) is 42.5 Å². The minimum absolute atomic E-state index is 0.281. The number of ether oxygens (including phenoxy) is 1. The number of amides is 3. The Morgan fingerprint density at radius 2 is 1.55 bits per heavy atom. The van der Waals surface area contributed by atoms with E-state index in [1.807, 2.05) is 30.3 Å². The minimum atomic E-state index is -1.01. The second-order valence-corrected chi connectivity index (χ2v) is 9.39. The Bertz CT molecular complexity index is 1150. The fourth-order valence-corrected chi connectivity index (χ4v) is 6.30. The third-order valence-corrected chi connectivity index (χ3v) is 8.29. The van der Waals surface area contributed by atoms with E-state index < -0.39 is 36.0 Å². The van der Waals surface area contributed by atoms with Gasteiger partial charge in [0.15, 0.2) is 6.10 Å². The Balaban J connectivity index is 1.54. The zero-order valence-corrected chi connectivity index (χ0v) is 19.1. The van der Waals surface area contributed by atoms with Crippen molar-refractivity contribution in [2.75, 3.05) is 0 Å². The van der Waals surface area contributed by atoms with Crippen molar-refractivity contribution < 1.29 is 23.9 Å². The van der Waals surface area contributed by atoms with Crippen LogP contribution in [0.15, 0.2) is 59.5 Å². The van der Waals surface area contributed by atoms with E-state index in [-0.39, 0.29) is 17.0 Å². The summed E-state index contributed by atoms with van der Waals surface area (Å²) in [4.78, 5) is 52.5. The highest BCUT2D eigenvalue weighted by Crippen LogP contribution is 2.52. The molecule has 2 aromatic rings. The molecule has 0 spiro atoms. The van der Waals surface area contributed by atoms with Gasteiger partial charge in [0, 0.05) is 10.5 Å². The van der Waals surface area contributed by atoms with Crippen molar-refractivity contribution >= 4 is 61.8 Å². The molecule has 2 aromatic carbocycles. The summed E-state index contributed by atoms with van der Waals surface area (Å²) in [5.74, 6) is -1.85. The second-order valence-electron chi connectivity index (χ2n) is 7.29. The van der Waals surface area contributed by atoms with Crippen molar-refractivity contribution in [3.05, 3.63) is 76.2 Å². The van der Waals surface area contributed by atoms with Gasteiger partial charge in [0.05, 0.1) is 16.0 Å². The van der Waals surface area contributed by atoms with Crippen LogP contribution in [0, 0.1) is 0 Å². The van der Waals surface area contributed by atoms with Crippen LogP contribution >= 0.6 is 34.5 Å². The van der Waals surface area contributed by atoms with E-state index in [0.717, 1.165) is 14.0 Å². The van der Waals surface area contributed by atoms with E-state index in [2.05, 4.69) is 22.6 Å². The van der Waals surface area contributed by atoms with Crippen LogP contribution in [0.1, 0.15) is 33.2 Å². The van der Waals surface area contributed by atoms with Gasteiger partial charge in [-0.25, -0.2) is 0 Å². The summed E-state index contributed by atoms with van der Waals surface area (Å²) in [6.07, 6.45) is -0.762. The molecule has 0 aromatic heterocycles. The molecule has 0 radical (unpaired) electrons. The van der Waals surface area contributed by atoms with E-state index in [4.69, 9.17) is 4.74 Å². The highest BCUT2D eigenvalue weighted by molar-refractivity contribution is 14.1. The maximum absolute atomic E-state index is 13.0. The molecule has 3 atom stereocenters. The molecule has 0 bridgehead atoms. The monoisotopic (exact) mass is 546 g/mol. The first kappa shape index (κ1) is 20.3. The molecular weight excluding hydrogens is 531 g/mol. The lowest BCUT2D eigenvalue weighted by Gasteiger charge is -2.45. The van der Waals surface area contributed by atoms with Crippen LogP contribution < -0.4 is 0 Å². The maximum atomic E-state index is 13.0. The quantitative estimate of drug-likeness (QED) is 0.193. The van der Waals surface area contributed by atoms with Crippen molar-refractivity contribution in [3.63, 3.8) is 0 Å². The Labute approximate surface area is 195 Å². The first-order valence-electron chi connectivity index (χ1n) is 9.50. The predicted octanol–water partition coefficient (Wildman–Crippen LogP) is 3.26.